The molecule has 84 valence electrons. The number of nitrogens with two attached hydrogens (primary N) is 1. The lowest BCUT2D eigenvalue weighted by atomic mass is 10.2. The molecule has 0 aliphatic carbocycles. The molecule has 0 bridgehead atoms. The number of H-pyrrole nitrogens is 1. The van der Waals surface area contributed by atoms with Crippen molar-refractivity contribution in [2.45, 2.75) is 19.1 Å². The molecule has 15 heavy (non-hydrogen) atoms. The van der Waals surface area contributed by atoms with E-state index in [0.717, 1.165) is 5.56 Å². The molecule has 1 aromatic heterocycles. The fourth-order valence-corrected chi connectivity index (χ4v) is 1.12. The van der Waals surface area contributed by atoms with Gasteiger partial charge in [0.05, 0.1) is 18.7 Å². The Morgan fingerprint density at radius 1 is 1.80 bits per heavy atom. The van der Waals surface area contributed by atoms with Crippen LogP contribution in [-0.4, -0.2) is 35.9 Å². The Morgan fingerprint density at radius 2 is 2.60 bits per heavy atom. The van der Waals surface area contributed by atoms with E-state index in [2.05, 4.69) is 15.5 Å². The van der Waals surface area contributed by atoms with E-state index in [-0.39, 0.29) is 18.4 Å². The summed E-state index contributed by atoms with van der Waals surface area (Å²) in [5, 5.41) is 9.19. The summed E-state index contributed by atoms with van der Waals surface area (Å²) in [4.78, 5) is 11.4. The van der Waals surface area contributed by atoms with Gasteiger partial charge in [0.15, 0.2) is 0 Å². The van der Waals surface area contributed by atoms with Crippen LogP contribution < -0.4 is 11.1 Å². The molecule has 0 aliphatic rings. The second kappa shape index (κ2) is 6.15. The maximum Gasteiger partial charge on any atom is 0.222 e. The minimum atomic E-state index is -0.214. The van der Waals surface area contributed by atoms with E-state index >= 15 is 0 Å². The lowest BCUT2D eigenvalue weighted by molar-refractivity contribution is -0.123. The molecule has 1 amide bonds. The number of carbonyl (C=O) groups excluding carboxylic acids is 1. The highest BCUT2D eigenvalue weighted by atomic mass is 16.5. The van der Waals surface area contributed by atoms with E-state index in [1.165, 1.54) is 0 Å². The van der Waals surface area contributed by atoms with Crippen LogP contribution >= 0.6 is 0 Å². The first-order chi connectivity index (χ1) is 7.26. The molecule has 0 saturated carbocycles. The average molecular weight is 212 g/mol. The first kappa shape index (κ1) is 11.7. The molecule has 1 rings (SSSR count). The number of amides is 1. The van der Waals surface area contributed by atoms with Crippen LogP contribution in [-0.2, 0) is 16.1 Å². The zero-order valence-electron chi connectivity index (χ0n) is 8.69. The van der Waals surface area contributed by atoms with Crippen molar-refractivity contribution in [2.24, 2.45) is 5.73 Å². The zero-order valence-corrected chi connectivity index (χ0v) is 8.69. The topological polar surface area (TPSA) is 93.0 Å². The standard InChI is InChI=1S/C9H16N4O2/c1-15-8(3-10)2-9(14)11-4-7-5-12-13-6-7/h5-6,8H,2-4,10H2,1H3,(H,11,14)(H,12,13). The largest absolute Gasteiger partial charge is 0.380 e. The fraction of sp³-hybridized carbons (Fsp3) is 0.556. The van der Waals surface area contributed by atoms with Crippen molar-refractivity contribution < 1.29 is 9.53 Å². The molecular formula is C9H16N4O2. The Labute approximate surface area is 88.2 Å². The monoisotopic (exact) mass is 212 g/mol. The number of aromatic amines is 1. The normalized spacial score (nSPS) is 12.4. The molecule has 0 aromatic carbocycles. The molecule has 1 unspecified atom stereocenters. The van der Waals surface area contributed by atoms with Crippen LogP contribution in [0.5, 0.6) is 0 Å². The van der Waals surface area contributed by atoms with Gasteiger partial charge in [0.1, 0.15) is 0 Å². The van der Waals surface area contributed by atoms with Gasteiger partial charge in [0.25, 0.3) is 0 Å². The molecule has 1 atom stereocenters. The molecule has 0 spiro atoms. The molecule has 1 aromatic rings. The minimum absolute atomic E-state index is 0.0755. The maximum absolute atomic E-state index is 11.4. The SMILES string of the molecule is COC(CN)CC(=O)NCc1cn[nH]c1. The van der Waals surface area contributed by atoms with Gasteiger partial charge in [-0.05, 0) is 0 Å². The molecular weight excluding hydrogens is 196 g/mol. The quantitative estimate of drug-likeness (QED) is 0.586. The predicted octanol–water partition coefficient (Wildman–Crippen LogP) is -0.610. The molecule has 0 radical (unpaired) electrons. The lowest BCUT2D eigenvalue weighted by Gasteiger charge is -2.11. The number of nitrogens with one attached hydrogen (secondary N) is 2. The molecule has 0 fully saturated rings. The van der Waals surface area contributed by atoms with Crippen LogP contribution in [0.4, 0.5) is 0 Å². The van der Waals surface area contributed by atoms with E-state index in [0.29, 0.717) is 13.1 Å². The van der Waals surface area contributed by atoms with Crippen molar-refractivity contribution in [3.8, 4) is 0 Å². The van der Waals surface area contributed by atoms with E-state index in [1.54, 1.807) is 19.5 Å². The smallest absolute Gasteiger partial charge is 0.222 e. The van der Waals surface area contributed by atoms with E-state index in [4.69, 9.17) is 10.5 Å². The second-order valence-electron chi connectivity index (χ2n) is 3.18. The highest BCUT2D eigenvalue weighted by Crippen LogP contribution is 1.96. The summed E-state index contributed by atoms with van der Waals surface area (Å²) in [5.74, 6) is -0.0755. The molecule has 6 nitrogen and oxygen atoms in total. The van der Waals surface area contributed by atoms with E-state index in [9.17, 15) is 4.79 Å². The van der Waals surface area contributed by atoms with E-state index in [1.807, 2.05) is 0 Å². The van der Waals surface area contributed by atoms with Crippen LogP contribution in [0.2, 0.25) is 0 Å². The summed E-state index contributed by atoms with van der Waals surface area (Å²) in [7, 11) is 1.54. The van der Waals surface area contributed by atoms with Gasteiger partial charge in [-0.3, -0.25) is 9.89 Å². The number of rotatable bonds is 6. The molecule has 0 aliphatic heterocycles. The molecule has 4 N–H and O–H groups in total. The van der Waals surface area contributed by atoms with Gasteiger partial charge >= 0.3 is 0 Å². The summed E-state index contributed by atoms with van der Waals surface area (Å²) in [5.41, 5.74) is 6.34. The van der Waals surface area contributed by atoms with Crippen molar-refractivity contribution >= 4 is 5.91 Å². The Hall–Kier alpha value is -1.40. The Morgan fingerprint density at radius 3 is 3.13 bits per heavy atom. The van der Waals surface area contributed by atoms with Crippen molar-refractivity contribution in [1.82, 2.24) is 15.5 Å². The van der Waals surface area contributed by atoms with Gasteiger partial charge in [-0.15, -0.1) is 0 Å². The van der Waals surface area contributed by atoms with Crippen LogP contribution in [0.1, 0.15) is 12.0 Å². The molecule has 1 heterocycles. The van der Waals surface area contributed by atoms with Crippen LogP contribution in [0.25, 0.3) is 0 Å². The third-order valence-corrected chi connectivity index (χ3v) is 2.05. The van der Waals surface area contributed by atoms with Gasteiger partial charge in [0.2, 0.25) is 5.91 Å². The number of carbonyl (C=O) groups is 1. The van der Waals surface area contributed by atoms with Crippen LogP contribution in [0, 0.1) is 0 Å². The third-order valence-electron chi connectivity index (χ3n) is 2.05. The van der Waals surface area contributed by atoms with Crippen LogP contribution in [0.3, 0.4) is 0 Å². The van der Waals surface area contributed by atoms with Gasteiger partial charge < -0.3 is 15.8 Å². The molecule has 0 saturated heterocycles. The van der Waals surface area contributed by atoms with Crippen molar-refractivity contribution in [3.05, 3.63) is 18.0 Å². The maximum atomic E-state index is 11.4. The predicted molar refractivity (Wildman–Crippen MR) is 54.9 cm³/mol. The Bertz CT molecular complexity index is 282. The van der Waals surface area contributed by atoms with Gasteiger partial charge in [-0.25, -0.2) is 0 Å². The highest BCUT2D eigenvalue weighted by Gasteiger charge is 2.10. The number of ether oxygens (including phenoxy) is 1. The lowest BCUT2D eigenvalue weighted by Crippen LogP contribution is -2.31. The number of aromatic nitrogens is 2. The molecule has 6 heteroatoms. The Balaban J connectivity index is 2.24. The number of hydrogen-bond acceptors (Lipinski definition) is 4. The van der Waals surface area contributed by atoms with Crippen LogP contribution in [0.15, 0.2) is 12.4 Å². The van der Waals surface area contributed by atoms with E-state index < -0.39 is 0 Å². The number of hydrogen-bond donors (Lipinski definition) is 3. The van der Waals surface area contributed by atoms with Crippen molar-refractivity contribution in [1.29, 1.82) is 0 Å². The average Bonchev–Trinajstić information content (AvgIpc) is 2.75. The van der Waals surface area contributed by atoms with Gasteiger partial charge in [-0.1, -0.05) is 0 Å². The van der Waals surface area contributed by atoms with Crippen molar-refractivity contribution in [3.63, 3.8) is 0 Å². The third kappa shape index (κ3) is 4.09. The highest BCUT2D eigenvalue weighted by molar-refractivity contribution is 5.76. The summed E-state index contributed by atoms with van der Waals surface area (Å²) in [6.45, 7) is 0.811. The van der Waals surface area contributed by atoms with Crippen molar-refractivity contribution in [2.75, 3.05) is 13.7 Å². The fourth-order valence-electron chi connectivity index (χ4n) is 1.12. The Kier molecular flexibility index (Phi) is 4.79. The summed E-state index contributed by atoms with van der Waals surface area (Å²) < 4.78 is 5.00. The summed E-state index contributed by atoms with van der Waals surface area (Å²) >= 11 is 0. The first-order valence-electron chi connectivity index (χ1n) is 4.73. The second-order valence-corrected chi connectivity index (χ2v) is 3.18. The summed E-state index contributed by atoms with van der Waals surface area (Å²) in [6, 6.07) is 0. The first-order valence-corrected chi connectivity index (χ1v) is 4.73. The summed E-state index contributed by atoms with van der Waals surface area (Å²) in [6.07, 6.45) is 3.47. The number of methoxy groups -OCH3 is 1. The minimum Gasteiger partial charge on any atom is -0.380 e. The van der Waals surface area contributed by atoms with Gasteiger partial charge in [-0.2, -0.15) is 5.10 Å². The zero-order chi connectivity index (χ0) is 11.1. The number of nitrogens with zero attached hydrogens (tertiary/aromatic N) is 1. The van der Waals surface area contributed by atoms with Gasteiger partial charge in [0, 0.05) is 32.0 Å².